The van der Waals surface area contributed by atoms with Crippen LogP contribution in [0.5, 0.6) is 0 Å². The highest BCUT2D eigenvalue weighted by molar-refractivity contribution is 7.91. The van der Waals surface area contributed by atoms with Crippen molar-refractivity contribution in [2.24, 2.45) is 11.8 Å². The van der Waals surface area contributed by atoms with Gasteiger partial charge < -0.3 is 4.42 Å². The van der Waals surface area contributed by atoms with Crippen LogP contribution >= 0.6 is 0 Å². The van der Waals surface area contributed by atoms with Crippen LogP contribution in [-0.2, 0) is 21.1 Å². The van der Waals surface area contributed by atoms with E-state index in [-0.39, 0.29) is 34.2 Å². The number of fused-ring (bicyclic) bond motifs is 1. The Morgan fingerprint density at radius 2 is 1.81 bits per heavy atom. The van der Waals surface area contributed by atoms with E-state index in [1.807, 2.05) is 12.1 Å². The van der Waals surface area contributed by atoms with Crippen LogP contribution in [0, 0.1) is 11.8 Å². The van der Waals surface area contributed by atoms with Crippen molar-refractivity contribution in [1.82, 2.24) is 0 Å². The van der Waals surface area contributed by atoms with Gasteiger partial charge in [-0.25, -0.2) is 13.2 Å². The molecule has 0 radical (unpaired) electrons. The van der Waals surface area contributed by atoms with Crippen molar-refractivity contribution in [1.29, 1.82) is 0 Å². The van der Waals surface area contributed by atoms with Crippen LogP contribution in [-0.4, -0.2) is 25.2 Å². The van der Waals surface area contributed by atoms with Gasteiger partial charge in [-0.15, -0.1) is 0 Å². The van der Waals surface area contributed by atoms with E-state index in [1.54, 1.807) is 26.0 Å². The first-order valence-electron chi connectivity index (χ1n) is 9.51. The molecule has 0 N–H and O–H groups in total. The molecular weight excluding hydrogens is 364 g/mol. The molecule has 1 aliphatic rings. The summed E-state index contributed by atoms with van der Waals surface area (Å²) in [4.78, 5) is 23.9. The average molecular weight is 391 g/mol. The summed E-state index contributed by atoms with van der Waals surface area (Å²) in [5, 5.41) is 0.469. The molecule has 3 rings (SSSR count). The molecule has 1 aromatic carbocycles. The maximum atomic E-state index is 12.7. The second kappa shape index (κ2) is 7.97. The molecule has 1 heterocycles. The highest BCUT2D eigenvalue weighted by Gasteiger charge is 2.29. The lowest BCUT2D eigenvalue weighted by atomic mass is 9.79. The van der Waals surface area contributed by atoms with E-state index in [0.29, 0.717) is 12.0 Å². The Morgan fingerprint density at radius 1 is 1.11 bits per heavy atom. The number of hydrogen-bond donors (Lipinski definition) is 0. The van der Waals surface area contributed by atoms with E-state index in [0.717, 1.165) is 36.6 Å². The van der Waals surface area contributed by atoms with E-state index < -0.39 is 9.84 Å². The SMILES string of the molecule is CC(C)S(=O)(=O)CC1CCC(C(=O)Cc2ccc3oc(=O)ccc3c2)CC1. The molecule has 5 nitrogen and oxygen atoms in total. The van der Waals surface area contributed by atoms with Crippen LogP contribution in [0.15, 0.2) is 39.5 Å². The lowest BCUT2D eigenvalue weighted by Crippen LogP contribution is -2.29. The summed E-state index contributed by atoms with van der Waals surface area (Å²) >= 11 is 0. The number of carbonyl (C=O) groups excluding carboxylic acids is 1. The zero-order valence-electron chi connectivity index (χ0n) is 15.8. The van der Waals surface area contributed by atoms with Crippen molar-refractivity contribution >= 4 is 26.6 Å². The predicted molar refractivity (Wildman–Crippen MR) is 106 cm³/mol. The third kappa shape index (κ3) is 4.86. The van der Waals surface area contributed by atoms with E-state index >= 15 is 0 Å². The predicted octanol–water partition coefficient (Wildman–Crippen LogP) is 3.53. The molecule has 2 aromatic rings. The summed E-state index contributed by atoms with van der Waals surface area (Å²) in [5.41, 5.74) is 1.04. The molecule has 0 saturated heterocycles. The zero-order valence-corrected chi connectivity index (χ0v) is 16.6. The Kier molecular flexibility index (Phi) is 5.84. The Hall–Kier alpha value is -1.95. The Balaban J connectivity index is 1.58. The summed E-state index contributed by atoms with van der Waals surface area (Å²) in [6.45, 7) is 3.44. The van der Waals surface area contributed by atoms with Gasteiger partial charge in [-0.1, -0.05) is 6.07 Å². The van der Waals surface area contributed by atoms with Gasteiger partial charge in [0, 0.05) is 23.8 Å². The molecule has 1 fully saturated rings. The van der Waals surface area contributed by atoms with Gasteiger partial charge in [0.1, 0.15) is 11.4 Å². The normalized spacial score (nSPS) is 20.9. The number of rotatable bonds is 6. The molecule has 1 aromatic heterocycles. The Bertz CT molecular complexity index is 979. The molecule has 146 valence electrons. The lowest BCUT2D eigenvalue weighted by molar-refractivity contribution is -0.123. The minimum atomic E-state index is -3.02. The third-order valence-electron chi connectivity index (χ3n) is 5.55. The van der Waals surface area contributed by atoms with Gasteiger partial charge in [-0.05, 0) is 69.2 Å². The van der Waals surface area contributed by atoms with Gasteiger partial charge in [0.15, 0.2) is 9.84 Å². The number of carbonyl (C=O) groups is 1. The molecule has 27 heavy (non-hydrogen) atoms. The van der Waals surface area contributed by atoms with E-state index in [1.165, 1.54) is 6.07 Å². The maximum Gasteiger partial charge on any atom is 0.336 e. The maximum absolute atomic E-state index is 12.7. The standard InChI is InChI=1S/C21H26O5S/c1-14(2)27(24,25)13-15-3-6-17(7-4-15)19(22)12-16-5-9-20-18(11-16)8-10-21(23)26-20/h5,8-11,14-15,17H,3-4,6-7,12-13H2,1-2H3. The first-order valence-corrected chi connectivity index (χ1v) is 11.2. The lowest BCUT2D eigenvalue weighted by Gasteiger charge is -2.28. The molecule has 0 spiro atoms. The molecule has 0 unspecified atom stereocenters. The molecule has 0 aliphatic heterocycles. The smallest absolute Gasteiger partial charge is 0.336 e. The van der Waals surface area contributed by atoms with E-state index in [9.17, 15) is 18.0 Å². The van der Waals surface area contributed by atoms with Crippen LogP contribution in [0.1, 0.15) is 45.1 Å². The fourth-order valence-corrected chi connectivity index (χ4v) is 5.12. The fourth-order valence-electron chi connectivity index (χ4n) is 3.75. The van der Waals surface area contributed by atoms with Crippen LogP contribution in [0.3, 0.4) is 0 Å². The van der Waals surface area contributed by atoms with Crippen molar-refractivity contribution < 1.29 is 17.6 Å². The first kappa shape index (κ1) is 19.8. The van der Waals surface area contributed by atoms with E-state index in [2.05, 4.69) is 0 Å². The minimum absolute atomic E-state index is 0.00686. The fraction of sp³-hybridized carbons (Fsp3) is 0.524. The van der Waals surface area contributed by atoms with Gasteiger partial charge in [0.2, 0.25) is 0 Å². The van der Waals surface area contributed by atoms with Crippen LogP contribution < -0.4 is 5.63 Å². The molecule has 1 aliphatic carbocycles. The Labute approximate surface area is 159 Å². The minimum Gasteiger partial charge on any atom is -0.423 e. The molecule has 1 saturated carbocycles. The number of benzene rings is 1. The van der Waals surface area contributed by atoms with Gasteiger partial charge in [-0.3, -0.25) is 4.79 Å². The summed E-state index contributed by atoms with van der Waals surface area (Å²) in [6, 6.07) is 8.52. The van der Waals surface area contributed by atoms with Crippen LogP contribution in [0.2, 0.25) is 0 Å². The van der Waals surface area contributed by atoms with Gasteiger partial charge in [-0.2, -0.15) is 0 Å². The second-order valence-corrected chi connectivity index (χ2v) is 10.5. The van der Waals surface area contributed by atoms with Crippen LogP contribution in [0.25, 0.3) is 11.0 Å². The van der Waals surface area contributed by atoms with Crippen molar-refractivity contribution in [2.75, 3.05) is 5.75 Å². The molecule has 0 bridgehead atoms. The second-order valence-electron chi connectivity index (χ2n) is 7.87. The monoisotopic (exact) mass is 390 g/mol. The average Bonchev–Trinajstić information content (AvgIpc) is 2.62. The third-order valence-corrected chi connectivity index (χ3v) is 7.92. The molecular formula is C21H26O5S. The van der Waals surface area contributed by atoms with Crippen molar-refractivity contribution in [3.05, 3.63) is 46.3 Å². The summed E-state index contributed by atoms with van der Waals surface area (Å²) < 4.78 is 29.3. The van der Waals surface area contributed by atoms with Gasteiger partial charge in [0.25, 0.3) is 0 Å². The topological polar surface area (TPSA) is 81.4 Å². The number of Topliss-reactive ketones (excluding diaryl/α,β-unsaturated/α-hetero) is 1. The van der Waals surface area contributed by atoms with Gasteiger partial charge >= 0.3 is 5.63 Å². The molecule has 0 amide bonds. The van der Waals surface area contributed by atoms with Crippen molar-refractivity contribution in [2.45, 2.75) is 51.2 Å². The number of sulfone groups is 1. The van der Waals surface area contributed by atoms with Gasteiger partial charge in [0.05, 0.1) is 11.0 Å². The largest absolute Gasteiger partial charge is 0.423 e. The highest BCUT2D eigenvalue weighted by atomic mass is 32.2. The number of ketones is 1. The summed E-state index contributed by atoms with van der Waals surface area (Å²) in [5.74, 6) is 0.621. The van der Waals surface area contributed by atoms with E-state index in [4.69, 9.17) is 4.42 Å². The molecule has 0 atom stereocenters. The zero-order chi connectivity index (χ0) is 19.6. The highest BCUT2D eigenvalue weighted by Crippen LogP contribution is 2.31. The summed E-state index contributed by atoms with van der Waals surface area (Å²) in [6.07, 6.45) is 3.48. The van der Waals surface area contributed by atoms with Crippen molar-refractivity contribution in [3.8, 4) is 0 Å². The quantitative estimate of drug-likeness (QED) is 0.705. The summed E-state index contributed by atoms with van der Waals surface area (Å²) in [7, 11) is -3.02. The van der Waals surface area contributed by atoms with Crippen LogP contribution in [0.4, 0.5) is 0 Å². The molecule has 6 heteroatoms. The Morgan fingerprint density at radius 3 is 2.48 bits per heavy atom. The van der Waals surface area contributed by atoms with Crippen molar-refractivity contribution in [3.63, 3.8) is 0 Å². The number of hydrogen-bond acceptors (Lipinski definition) is 5. The first-order chi connectivity index (χ1) is 12.7.